The van der Waals surface area contributed by atoms with Gasteiger partial charge in [0.15, 0.2) is 0 Å². The summed E-state index contributed by atoms with van der Waals surface area (Å²) in [6, 6.07) is 8.98. The van der Waals surface area contributed by atoms with Gasteiger partial charge >= 0.3 is 0 Å². The molecular weight excluding hydrogens is 406 g/mol. The predicted molar refractivity (Wildman–Crippen MR) is 126 cm³/mol. The van der Waals surface area contributed by atoms with Crippen molar-refractivity contribution >= 4 is 5.91 Å². The van der Waals surface area contributed by atoms with Crippen molar-refractivity contribution in [3.05, 3.63) is 69.7 Å². The van der Waals surface area contributed by atoms with Crippen molar-refractivity contribution in [1.82, 2.24) is 14.8 Å². The minimum Gasteiger partial charge on any atom is -0.497 e. The number of carbonyl (C=O) groups excluding carboxylic acids is 1. The summed E-state index contributed by atoms with van der Waals surface area (Å²) >= 11 is 0. The molecule has 0 unspecified atom stereocenters. The van der Waals surface area contributed by atoms with E-state index >= 15 is 0 Å². The minimum absolute atomic E-state index is 0.138. The Bertz CT molecular complexity index is 1030. The number of amides is 1. The molecule has 0 saturated heterocycles. The van der Waals surface area contributed by atoms with Crippen LogP contribution in [0.1, 0.15) is 35.5 Å². The number of allylic oxidation sites excluding steroid dienone is 1. The van der Waals surface area contributed by atoms with Crippen molar-refractivity contribution < 1.29 is 14.3 Å². The second kappa shape index (κ2) is 11.0. The minimum atomic E-state index is -0.249. The number of nitrogens with one attached hydrogen (secondary N) is 1. The molecule has 7 heteroatoms. The zero-order chi connectivity index (χ0) is 23.1. The van der Waals surface area contributed by atoms with Crippen LogP contribution in [-0.4, -0.2) is 49.2 Å². The molecule has 1 aliphatic heterocycles. The molecule has 0 fully saturated rings. The van der Waals surface area contributed by atoms with Crippen molar-refractivity contribution in [2.75, 3.05) is 33.9 Å². The van der Waals surface area contributed by atoms with Gasteiger partial charge in [0.2, 0.25) is 0 Å². The number of nitrogens with zero attached hydrogens (tertiary/aromatic N) is 2. The van der Waals surface area contributed by atoms with Gasteiger partial charge in [-0.3, -0.25) is 14.5 Å². The van der Waals surface area contributed by atoms with Crippen LogP contribution in [0.5, 0.6) is 11.5 Å². The second-order valence-corrected chi connectivity index (χ2v) is 8.28. The number of hydrogen-bond acceptors (Lipinski definition) is 5. The lowest BCUT2D eigenvalue weighted by Gasteiger charge is -2.17. The Kier molecular flexibility index (Phi) is 8.11. The van der Waals surface area contributed by atoms with E-state index in [1.54, 1.807) is 11.7 Å². The zero-order valence-corrected chi connectivity index (χ0v) is 19.4. The fourth-order valence-electron chi connectivity index (χ4n) is 3.92. The first-order valence-corrected chi connectivity index (χ1v) is 11.0. The monoisotopic (exact) mass is 439 g/mol. The lowest BCUT2D eigenvalue weighted by molar-refractivity contribution is 0.0945. The maximum absolute atomic E-state index is 13.2. The van der Waals surface area contributed by atoms with E-state index in [2.05, 4.69) is 36.2 Å². The van der Waals surface area contributed by atoms with Crippen LogP contribution in [0, 0.1) is 5.92 Å². The Labute approximate surface area is 189 Å². The lowest BCUT2D eigenvalue weighted by Crippen LogP contribution is -2.31. The molecule has 7 nitrogen and oxygen atoms in total. The van der Waals surface area contributed by atoms with Crippen LogP contribution in [-0.2, 0) is 19.5 Å². The molecule has 0 radical (unpaired) electrons. The molecule has 0 spiro atoms. The summed E-state index contributed by atoms with van der Waals surface area (Å²) in [5.41, 5.74) is 1.96. The van der Waals surface area contributed by atoms with Crippen molar-refractivity contribution in [1.29, 1.82) is 0 Å². The van der Waals surface area contributed by atoms with Gasteiger partial charge in [-0.2, -0.15) is 0 Å². The van der Waals surface area contributed by atoms with Crippen LogP contribution in [0.15, 0.2) is 47.3 Å². The summed E-state index contributed by atoms with van der Waals surface area (Å²) in [7, 11) is 3.10. The van der Waals surface area contributed by atoms with Crippen molar-refractivity contribution in [2.24, 2.45) is 5.92 Å². The van der Waals surface area contributed by atoms with E-state index < -0.39 is 0 Å². The van der Waals surface area contributed by atoms with Gasteiger partial charge in [-0.1, -0.05) is 38.1 Å². The van der Waals surface area contributed by atoms with E-state index in [1.807, 2.05) is 24.3 Å². The highest BCUT2D eigenvalue weighted by Gasteiger charge is 2.25. The Hall–Kier alpha value is -3.06. The Morgan fingerprint density at radius 2 is 1.97 bits per heavy atom. The van der Waals surface area contributed by atoms with Crippen LogP contribution in [0.25, 0.3) is 0 Å². The summed E-state index contributed by atoms with van der Waals surface area (Å²) in [4.78, 5) is 28.3. The number of hydrogen-bond donors (Lipinski definition) is 1. The largest absolute Gasteiger partial charge is 0.497 e. The molecular formula is C25H33N3O4. The first-order valence-electron chi connectivity index (χ1n) is 11.0. The molecule has 0 saturated carbocycles. The Balaban J connectivity index is 1.82. The third-order valence-corrected chi connectivity index (χ3v) is 5.60. The third-order valence-electron chi connectivity index (χ3n) is 5.60. The third kappa shape index (κ3) is 5.79. The average Bonchev–Trinajstić information content (AvgIpc) is 3.00. The predicted octanol–water partition coefficient (Wildman–Crippen LogP) is 2.87. The summed E-state index contributed by atoms with van der Waals surface area (Å²) in [5.74, 6) is 1.31. The van der Waals surface area contributed by atoms with Crippen molar-refractivity contribution in [3.8, 4) is 11.5 Å². The normalized spacial score (nSPS) is 14.3. The molecule has 1 N–H and O–H groups in total. The van der Waals surface area contributed by atoms with Gasteiger partial charge < -0.3 is 19.4 Å². The number of fused-ring (bicyclic) bond motifs is 1. The number of benzene rings is 1. The van der Waals surface area contributed by atoms with Crippen LogP contribution in [0.3, 0.4) is 0 Å². The highest BCUT2D eigenvalue weighted by molar-refractivity contribution is 5.98. The molecule has 2 heterocycles. The molecule has 0 bridgehead atoms. The molecule has 2 aromatic rings. The van der Waals surface area contributed by atoms with Crippen LogP contribution in [0.4, 0.5) is 0 Å². The van der Waals surface area contributed by atoms with Crippen LogP contribution in [0.2, 0.25) is 0 Å². The number of ether oxygens (including phenoxy) is 2. The van der Waals surface area contributed by atoms with E-state index in [1.165, 1.54) is 13.2 Å². The van der Waals surface area contributed by atoms with E-state index in [0.717, 1.165) is 36.6 Å². The van der Waals surface area contributed by atoms with E-state index in [4.69, 9.17) is 9.47 Å². The number of aromatic nitrogens is 1. The summed E-state index contributed by atoms with van der Waals surface area (Å²) in [5, 5.41) is 2.97. The van der Waals surface area contributed by atoms with E-state index in [-0.39, 0.29) is 11.5 Å². The Morgan fingerprint density at radius 1 is 1.16 bits per heavy atom. The number of rotatable bonds is 8. The maximum atomic E-state index is 13.2. The van der Waals surface area contributed by atoms with Gasteiger partial charge in [-0.05, 0) is 23.6 Å². The molecule has 172 valence electrons. The average molecular weight is 440 g/mol. The molecule has 0 aliphatic carbocycles. The number of carbonyl (C=O) groups is 1. The van der Waals surface area contributed by atoms with Gasteiger partial charge in [-0.25, -0.2) is 0 Å². The molecule has 1 aliphatic rings. The molecule has 3 rings (SSSR count). The highest BCUT2D eigenvalue weighted by Crippen LogP contribution is 2.23. The molecule has 1 amide bonds. The first-order chi connectivity index (χ1) is 15.4. The van der Waals surface area contributed by atoms with Crippen molar-refractivity contribution in [3.63, 3.8) is 0 Å². The number of methoxy groups -OCH3 is 2. The van der Waals surface area contributed by atoms with Gasteiger partial charge in [-0.15, -0.1) is 0 Å². The Morgan fingerprint density at radius 3 is 2.69 bits per heavy atom. The molecule has 1 aromatic carbocycles. The van der Waals surface area contributed by atoms with Crippen LogP contribution >= 0.6 is 0 Å². The van der Waals surface area contributed by atoms with Crippen LogP contribution < -0.4 is 20.3 Å². The van der Waals surface area contributed by atoms with E-state index in [9.17, 15) is 9.59 Å². The SMILES string of the molecule is COc1cccc(CNC(=O)c2c(OC)cc(=O)n3c2CCN(CC=CC(C)C)CC3)c1. The topological polar surface area (TPSA) is 72.8 Å². The second-order valence-electron chi connectivity index (χ2n) is 8.28. The maximum Gasteiger partial charge on any atom is 0.257 e. The number of pyridine rings is 1. The van der Waals surface area contributed by atoms with Gasteiger partial charge in [0, 0.05) is 50.9 Å². The fourth-order valence-corrected chi connectivity index (χ4v) is 3.92. The molecule has 1 aromatic heterocycles. The zero-order valence-electron chi connectivity index (χ0n) is 19.4. The molecule has 0 atom stereocenters. The quantitative estimate of drug-likeness (QED) is 0.641. The standard InChI is InChI=1S/C25H33N3O4/c1-18(2)7-6-11-27-12-10-21-24(22(32-4)16-23(29)28(21)14-13-27)25(30)26-17-19-8-5-9-20(15-19)31-3/h5-9,15-16,18H,10-14,17H2,1-4H3,(H,26,30). The summed E-state index contributed by atoms with van der Waals surface area (Å²) in [6.07, 6.45) is 4.96. The summed E-state index contributed by atoms with van der Waals surface area (Å²) < 4.78 is 12.4. The van der Waals surface area contributed by atoms with Gasteiger partial charge in [0.25, 0.3) is 11.5 Å². The van der Waals surface area contributed by atoms with Gasteiger partial charge in [0.1, 0.15) is 17.1 Å². The van der Waals surface area contributed by atoms with Crippen molar-refractivity contribution in [2.45, 2.75) is 33.4 Å². The highest BCUT2D eigenvalue weighted by atomic mass is 16.5. The summed E-state index contributed by atoms with van der Waals surface area (Å²) in [6.45, 7) is 7.55. The smallest absolute Gasteiger partial charge is 0.257 e. The lowest BCUT2D eigenvalue weighted by atomic mass is 10.1. The first kappa shape index (κ1) is 23.6. The fraction of sp³-hybridized carbons (Fsp3) is 0.440. The van der Waals surface area contributed by atoms with E-state index in [0.29, 0.717) is 36.7 Å². The van der Waals surface area contributed by atoms with Gasteiger partial charge in [0.05, 0.1) is 14.2 Å². The molecule has 32 heavy (non-hydrogen) atoms.